The normalized spacial score (nSPS) is 11.7. The molecule has 0 fully saturated rings. The van der Waals surface area contributed by atoms with Gasteiger partial charge in [-0.05, 0) is 43.5 Å². The van der Waals surface area contributed by atoms with Gasteiger partial charge in [-0.3, -0.25) is 0 Å². The van der Waals surface area contributed by atoms with Gasteiger partial charge in [0.15, 0.2) is 0 Å². The summed E-state index contributed by atoms with van der Waals surface area (Å²) in [5, 5.41) is 0. The van der Waals surface area contributed by atoms with Gasteiger partial charge in [0.25, 0.3) is 0 Å². The van der Waals surface area contributed by atoms with E-state index in [9.17, 15) is 8.42 Å². The molecule has 1 heterocycles. The van der Waals surface area contributed by atoms with Crippen molar-refractivity contribution in [3.8, 4) is 0 Å². The Labute approximate surface area is 113 Å². The van der Waals surface area contributed by atoms with Crippen LogP contribution in [0.5, 0.6) is 0 Å². The molecule has 0 aliphatic heterocycles. The number of aryl methyl sites for hydroxylation is 2. The summed E-state index contributed by atoms with van der Waals surface area (Å²) in [5.41, 5.74) is 2.92. The second-order valence-electron chi connectivity index (χ2n) is 4.64. The van der Waals surface area contributed by atoms with Crippen LogP contribution in [-0.4, -0.2) is 19.9 Å². The molecule has 0 spiro atoms. The Kier molecular flexibility index (Phi) is 4.07. The zero-order valence-corrected chi connectivity index (χ0v) is 11.9. The zero-order chi connectivity index (χ0) is 13.9. The van der Waals surface area contributed by atoms with Gasteiger partial charge >= 0.3 is 0 Å². The quantitative estimate of drug-likeness (QED) is 0.880. The van der Waals surface area contributed by atoms with Crippen LogP contribution >= 0.6 is 0 Å². The Morgan fingerprint density at radius 2 is 2.00 bits per heavy atom. The van der Waals surface area contributed by atoms with Crippen molar-refractivity contribution >= 4 is 10.0 Å². The number of nitrogens with one attached hydrogen (secondary N) is 2. The van der Waals surface area contributed by atoms with E-state index in [-0.39, 0.29) is 0 Å². The monoisotopic (exact) mass is 278 g/mol. The number of hydrogen-bond donors (Lipinski definition) is 2. The van der Waals surface area contributed by atoms with E-state index in [1.165, 1.54) is 0 Å². The Hall–Kier alpha value is -1.59. The zero-order valence-electron chi connectivity index (χ0n) is 11.1. The summed E-state index contributed by atoms with van der Waals surface area (Å²) in [6, 6.07) is 7.28. The van der Waals surface area contributed by atoms with Crippen LogP contribution in [0, 0.1) is 13.8 Å². The molecule has 0 aliphatic rings. The van der Waals surface area contributed by atoms with Crippen LogP contribution in [0.3, 0.4) is 0 Å². The summed E-state index contributed by atoms with van der Waals surface area (Å²) in [6.07, 6.45) is 4.37. The number of hydrogen-bond acceptors (Lipinski definition) is 2. The maximum atomic E-state index is 12.2. The van der Waals surface area contributed by atoms with Crippen LogP contribution in [-0.2, 0) is 16.4 Å². The molecule has 0 atom stereocenters. The van der Waals surface area contributed by atoms with Gasteiger partial charge in [-0.2, -0.15) is 0 Å². The van der Waals surface area contributed by atoms with E-state index in [1.54, 1.807) is 6.07 Å². The summed E-state index contributed by atoms with van der Waals surface area (Å²) in [4.78, 5) is 3.30. The van der Waals surface area contributed by atoms with E-state index in [0.717, 1.165) is 16.7 Å². The van der Waals surface area contributed by atoms with Crippen LogP contribution in [0.15, 0.2) is 41.6 Å². The van der Waals surface area contributed by atoms with Crippen LogP contribution in [0.25, 0.3) is 0 Å². The van der Waals surface area contributed by atoms with Crippen LogP contribution in [0.4, 0.5) is 0 Å². The molecule has 0 amide bonds. The Balaban J connectivity index is 2.05. The predicted molar refractivity (Wildman–Crippen MR) is 75.6 cm³/mol. The van der Waals surface area contributed by atoms with Gasteiger partial charge in [-0.25, -0.2) is 13.1 Å². The van der Waals surface area contributed by atoms with Crippen molar-refractivity contribution in [1.82, 2.24) is 9.71 Å². The SMILES string of the molecule is Cc1ccc(S(=O)(=O)NCCc2cc[nH]c2)c(C)c1. The number of sulfonamides is 1. The van der Waals surface area contributed by atoms with Crippen LogP contribution in [0.1, 0.15) is 16.7 Å². The smallest absolute Gasteiger partial charge is 0.240 e. The lowest BCUT2D eigenvalue weighted by atomic mass is 10.2. The second kappa shape index (κ2) is 5.59. The van der Waals surface area contributed by atoms with Gasteiger partial charge in [0.1, 0.15) is 0 Å². The van der Waals surface area contributed by atoms with Crippen molar-refractivity contribution in [2.45, 2.75) is 25.2 Å². The first-order chi connectivity index (χ1) is 8.99. The molecule has 2 rings (SSSR count). The first-order valence-electron chi connectivity index (χ1n) is 6.17. The van der Waals surface area contributed by atoms with E-state index in [4.69, 9.17) is 0 Å². The highest BCUT2D eigenvalue weighted by Gasteiger charge is 2.15. The van der Waals surface area contributed by atoms with Gasteiger partial charge in [-0.1, -0.05) is 17.7 Å². The van der Waals surface area contributed by atoms with Gasteiger partial charge in [0.05, 0.1) is 4.90 Å². The molecule has 4 nitrogen and oxygen atoms in total. The lowest BCUT2D eigenvalue weighted by Gasteiger charge is -2.09. The van der Waals surface area contributed by atoms with E-state index in [1.807, 2.05) is 44.4 Å². The molecule has 0 saturated heterocycles. The molecular formula is C14H18N2O2S. The minimum atomic E-state index is -3.42. The molecular weight excluding hydrogens is 260 g/mol. The summed E-state index contributed by atoms with van der Waals surface area (Å²) >= 11 is 0. The maximum Gasteiger partial charge on any atom is 0.240 e. The first-order valence-corrected chi connectivity index (χ1v) is 7.66. The van der Waals surface area contributed by atoms with Gasteiger partial charge < -0.3 is 4.98 Å². The van der Waals surface area contributed by atoms with E-state index in [2.05, 4.69) is 9.71 Å². The average Bonchev–Trinajstić information content (AvgIpc) is 2.81. The van der Waals surface area contributed by atoms with Gasteiger partial charge in [0.2, 0.25) is 10.0 Å². The van der Waals surface area contributed by atoms with Crippen molar-refractivity contribution in [3.63, 3.8) is 0 Å². The number of aromatic amines is 1. The maximum absolute atomic E-state index is 12.2. The standard InChI is InChI=1S/C14H18N2O2S/c1-11-3-4-14(12(2)9-11)19(17,18)16-8-6-13-5-7-15-10-13/h3-5,7,9-10,15-16H,6,8H2,1-2H3. The molecule has 0 bridgehead atoms. The van der Waals surface area contributed by atoms with Gasteiger partial charge in [0, 0.05) is 18.9 Å². The fourth-order valence-corrected chi connectivity index (χ4v) is 3.28. The predicted octanol–water partition coefficient (Wildman–Crippen LogP) is 2.15. The molecule has 2 N–H and O–H groups in total. The molecule has 1 aromatic carbocycles. The lowest BCUT2D eigenvalue weighted by molar-refractivity contribution is 0.581. The minimum absolute atomic E-state index is 0.354. The molecule has 0 unspecified atom stereocenters. The Bertz CT molecular complexity index is 646. The molecule has 5 heteroatoms. The van der Waals surface area contributed by atoms with Crippen LogP contribution in [0.2, 0.25) is 0 Å². The molecule has 0 saturated carbocycles. The van der Waals surface area contributed by atoms with Crippen LogP contribution < -0.4 is 4.72 Å². The Morgan fingerprint density at radius 1 is 1.21 bits per heavy atom. The summed E-state index contributed by atoms with van der Waals surface area (Å²) in [7, 11) is -3.42. The molecule has 0 radical (unpaired) electrons. The highest BCUT2D eigenvalue weighted by atomic mass is 32.2. The van der Waals surface area contributed by atoms with E-state index in [0.29, 0.717) is 17.9 Å². The average molecular weight is 278 g/mol. The molecule has 19 heavy (non-hydrogen) atoms. The van der Waals surface area contributed by atoms with Crippen molar-refractivity contribution < 1.29 is 8.42 Å². The highest BCUT2D eigenvalue weighted by molar-refractivity contribution is 7.89. The Morgan fingerprint density at radius 3 is 2.63 bits per heavy atom. The van der Waals surface area contributed by atoms with Crippen molar-refractivity contribution in [2.75, 3.05) is 6.54 Å². The largest absolute Gasteiger partial charge is 0.367 e. The second-order valence-corrected chi connectivity index (χ2v) is 6.37. The minimum Gasteiger partial charge on any atom is -0.367 e. The van der Waals surface area contributed by atoms with Crippen molar-refractivity contribution in [2.24, 2.45) is 0 Å². The molecule has 0 aliphatic carbocycles. The highest BCUT2D eigenvalue weighted by Crippen LogP contribution is 2.16. The summed E-state index contributed by atoms with van der Waals surface area (Å²) < 4.78 is 27.0. The topological polar surface area (TPSA) is 62.0 Å². The molecule has 2 aromatic rings. The molecule has 1 aromatic heterocycles. The third-order valence-corrected chi connectivity index (χ3v) is 4.61. The third-order valence-electron chi connectivity index (χ3n) is 2.99. The third kappa shape index (κ3) is 3.45. The molecule has 102 valence electrons. The van der Waals surface area contributed by atoms with Crippen molar-refractivity contribution in [1.29, 1.82) is 0 Å². The van der Waals surface area contributed by atoms with Crippen molar-refractivity contribution in [3.05, 3.63) is 53.3 Å². The number of rotatable bonds is 5. The number of benzene rings is 1. The van der Waals surface area contributed by atoms with E-state index < -0.39 is 10.0 Å². The number of aromatic nitrogens is 1. The summed E-state index contributed by atoms with van der Waals surface area (Å²) in [5.74, 6) is 0. The van der Waals surface area contributed by atoms with E-state index >= 15 is 0 Å². The first kappa shape index (κ1) is 13.8. The number of H-pyrrole nitrogens is 1. The fourth-order valence-electron chi connectivity index (χ4n) is 2.02. The summed E-state index contributed by atoms with van der Waals surface area (Å²) in [6.45, 7) is 4.16. The fraction of sp³-hybridized carbons (Fsp3) is 0.286. The lowest BCUT2D eigenvalue weighted by Crippen LogP contribution is -2.26. The van der Waals surface area contributed by atoms with Gasteiger partial charge in [-0.15, -0.1) is 0 Å².